The van der Waals surface area contributed by atoms with Gasteiger partial charge in [-0.25, -0.2) is 4.79 Å². The molecule has 0 bridgehead atoms. The summed E-state index contributed by atoms with van der Waals surface area (Å²) in [7, 11) is 1.93. The van der Waals surface area contributed by atoms with Crippen molar-refractivity contribution in [3.63, 3.8) is 0 Å². The number of piperazine rings is 1. The summed E-state index contributed by atoms with van der Waals surface area (Å²) in [6, 6.07) is 14.4. The third-order valence-corrected chi connectivity index (χ3v) is 4.70. The number of anilines is 1. The van der Waals surface area contributed by atoms with E-state index >= 15 is 0 Å². The van der Waals surface area contributed by atoms with Crippen molar-refractivity contribution < 1.29 is 14.3 Å². The average molecular weight is 355 g/mol. The van der Waals surface area contributed by atoms with E-state index in [9.17, 15) is 9.59 Å². The number of amides is 2. The van der Waals surface area contributed by atoms with E-state index in [4.69, 9.17) is 4.74 Å². The van der Waals surface area contributed by atoms with Gasteiger partial charge in [0.1, 0.15) is 0 Å². The normalized spacial score (nSPS) is 14.4. The Bertz CT molecular complexity index is 785. The van der Waals surface area contributed by atoms with Crippen molar-refractivity contribution in [1.29, 1.82) is 0 Å². The lowest BCUT2D eigenvalue weighted by atomic mass is 10.1. The molecule has 138 valence electrons. The second kappa shape index (κ2) is 8.08. The minimum Gasteiger partial charge on any atom is -0.450 e. The molecular weight excluding hydrogens is 330 g/mol. The zero-order chi connectivity index (χ0) is 18.5. The summed E-state index contributed by atoms with van der Waals surface area (Å²) in [5, 5.41) is 2.35. The van der Waals surface area contributed by atoms with Crippen LogP contribution in [0.1, 0.15) is 6.92 Å². The van der Waals surface area contributed by atoms with E-state index in [2.05, 4.69) is 24.3 Å². The molecule has 0 aromatic heterocycles. The fourth-order valence-corrected chi connectivity index (χ4v) is 3.16. The van der Waals surface area contributed by atoms with Crippen LogP contribution in [0.5, 0.6) is 0 Å². The predicted molar refractivity (Wildman–Crippen MR) is 102 cm³/mol. The Morgan fingerprint density at radius 1 is 1.00 bits per heavy atom. The Kier molecular flexibility index (Phi) is 5.61. The number of hydrogen-bond acceptors (Lipinski definition) is 4. The fourth-order valence-electron chi connectivity index (χ4n) is 3.16. The monoisotopic (exact) mass is 355 g/mol. The molecule has 3 rings (SSSR count). The minimum atomic E-state index is -0.298. The number of fused-ring (bicyclic) bond motifs is 1. The molecular formula is C20H25N3O3. The molecule has 0 spiro atoms. The van der Waals surface area contributed by atoms with Gasteiger partial charge < -0.3 is 19.4 Å². The Morgan fingerprint density at radius 3 is 2.35 bits per heavy atom. The third-order valence-electron chi connectivity index (χ3n) is 4.70. The van der Waals surface area contributed by atoms with Gasteiger partial charge in [0, 0.05) is 38.9 Å². The van der Waals surface area contributed by atoms with E-state index in [1.54, 1.807) is 11.8 Å². The summed E-state index contributed by atoms with van der Waals surface area (Å²) >= 11 is 0. The highest BCUT2D eigenvalue weighted by molar-refractivity contribution is 5.87. The molecule has 0 unspecified atom stereocenters. The number of carbonyl (C=O) groups is 2. The quantitative estimate of drug-likeness (QED) is 0.846. The van der Waals surface area contributed by atoms with Gasteiger partial charge in [-0.1, -0.05) is 30.3 Å². The molecule has 0 saturated carbocycles. The molecule has 1 aliphatic rings. The molecule has 6 heteroatoms. The van der Waals surface area contributed by atoms with E-state index < -0.39 is 0 Å². The second-order valence-corrected chi connectivity index (χ2v) is 6.45. The van der Waals surface area contributed by atoms with Crippen molar-refractivity contribution in [1.82, 2.24) is 9.80 Å². The maximum absolute atomic E-state index is 12.6. The Hall–Kier alpha value is -2.76. The first-order valence-corrected chi connectivity index (χ1v) is 8.98. The first-order valence-electron chi connectivity index (χ1n) is 8.98. The second-order valence-electron chi connectivity index (χ2n) is 6.45. The first kappa shape index (κ1) is 18.0. The number of carbonyl (C=O) groups excluding carboxylic acids is 2. The van der Waals surface area contributed by atoms with E-state index in [0.717, 1.165) is 11.1 Å². The summed E-state index contributed by atoms with van der Waals surface area (Å²) in [5.74, 6) is 0.0733. The molecule has 2 amide bonds. The molecule has 0 N–H and O–H groups in total. The smallest absolute Gasteiger partial charge is 0.409 e. The molecule has 1 fully saturated rings. The molecule has 0 aliphatic carbocycles. The van der Waals surface area contributed by atoms with E-state index in [1.165, 1.54) is 5.39 Å². The minimum absolute atomic E-state index is 0.0733. The zero-order valence-electron chi connectivity index (χ0n) is 15.4. The van der Waals surface area contributed by atoms with Crippen LogP contribution in [0.25, 0.3) is 10.8 Å². The molecule has 1 aliphatic heterocycles. The zero-order valence-corrected chi connectivity index (χ0v) is 15.4. The van der Waals surface area contributed by atoms with E-state index in [-0.39, 0.29) is 12.0 Å². The van der Waals surface area contributed by atoms with Gasteiger partial charge in [0.25, 0.3) is 0 Å². The van der Waals surface area contributed by atoms with Crippen LogP contribution in [0.2, 0.25) is 0 Å². The lowest BCUT2D eigenvalue weighted by molar-refractivity contribution is -0.131. The van der Waals surface area contributed by atoms with Gasteiger partial charge >= 0.3 is 6.09 Å². The van der Waals surface area contributed by atoms with Crippen molar-refractivity contribution in [2.45, 2.75) is 6.92 Å². The highest BCUT2D eigenvalue weighted by Gasteiger charge is 2.25. The van der Waals surface area contributed by atoms with Gasteiger partial charge in [-0.2, -0.15) is 0 Å². The van der Waals surface area contributed by atoms with Gasteiger partial charge in [-0.05, 0) is 29.8 Å². The summed E-state index contributed by atoms with van der Waals surface area (Å²) in [4.78, 5) is 29.8. The standard InChI is InChI=1S/C20H25N3O3/c1-3-26-20(25)23-12-10-22(11-13-23)19(24)15-21(2)18-9-8-16-6-4-5-7-17(16)14-18/h4-9,14H,3,10-13,15H2,1-2H3. The van der Waals surface area contributed by atoms with Gasteiger partial charge in [0.15, 0.2) is 0 Å². The lowest BCUT2D eigenvalue weighted by Crippen LogP contribution is -2.52. The van der Waals surface area contributed by atoms with Gasteiger partial charge in [-0.15, -0.1) is 0 Å². The Balaban J connectivity index is 1.56. The summed E-state index contributed by atoms with van der Waals surface area (Å²) < 4.78 is 5.01. The van der Waals surface area contributed by atoms with Crippen molar-refractivity contribution in [2.24, 2.45) is 0 Å². The number of nitrogens with zero attached hydrogens (tertiary/aromatic N) is 3. The van der Waals surface area contributed by atoms with Crippen LogP contribution in [-0.2, 0) is 9.53 Å². The maximum Gasteiger partial charge on any atom is 0.409 e. The summed E-state index contributed by atoms with van der Waals surface area (Å²) in [5.41, 5.74) is 1.02. The van der Waals surface area contributed by atoms with Gasteiger partial charge in [-0.3, -0.25) is 4.79 Å². The van der Waals surface area contributed by atoms with Crippen LogP contribution in [0, 0.1) is 0 Å². The molecule has 6 nitrogen and oxygen atoms in total. The lowest BCUT2D eigenvalue weighted by Gasteiger charge is -2.35. The first-order chi connectivity index (χ1) is 12.6. The van der Waals surface area contributed by atoms with Gasteiger partial charge in [0.2, 0.25) is 5.91 Å². The SMILES string of the molecule is CCOC(=O)N1CCN(C(=O)CN(C)c2ccc3ccccc3c2)CC1. The molecule has 26 heavy (non-hydrogen) atoms. The van der Waals surface area contributed by atoms with E-state index in [0.29, 0.717) is 39.3 Å². The average Bonchev–Trinajstić information content (AvgIpc) is 2.67. The molecule has 0 atom stereocenters. The molecule has 0 radical (unpaired) electrons. The third kappa shape index (κ3) is 4.07. The van der Waals surface area contributed by atoms with Crippen LogP contribution < -0.4 is 4.90 Å². The highest BCUT2D eigenvalue weighted by atomic mass is 16.6. The number of benzene rings is 2. The van der Waals surface area contributed by atoms with Crippen LogP contribution in [0.4, 0.5) is 10.5 Å². The fraction of sp³-hybridized carbons (Fsp3) is 0.400. The largest absolute Gasteiger partial charge is 0.450 e. The Labute approximate surface area is 153 Å². The molecule has 2 aromatic carbocycles. The number of ether oxygens (including phenoxy) is 1. The van der Waals surface area contributed by atoms with Crippen LogP contribution >= 0.6 is 0 Å². The van der Waals surface area contributed by atoms with Crippen molar-refractivity contribution in [3.05, 3.63) is 42.5 Å². The number of likely N-dealkylation sites (N-methyl/N-ethyl adjacent to an activating group) is 1. The van der Waals surface area contributed by atoms with Crippen molar-refractivity contribution in [3.8, 4) is 0 Å². The van der Waals surface area contributed by atoms with E-state index in [1.807, 2.05) is 35.0 Å². The topological polar surface area (TPSA) is 53.1 Å². The molecule has 2 aromatic rings. The van der Waals surface area contributed by atoms with Crippen LogP contribution in [-0.4, -0.2) is 68.2 Å². The number of hydrogen-bond donors (Lipinski definition) is 0. The summed E-state index contributed by atoms with van der Waals surface area (Å²) in [6.45, 7) is 4.60. The highest BCUT2D eigenvalue weighted by Crippen LogP contribution is 2.21. The summed E-state index contributed by atoms with van der Waals surface area (Å²) in [6.07, 6.45) is -0.298. The maximum atomic E-state index is 12.6. The number of rotatable bonds is 4. The van der Waals surface area contributed by atoms with Crippen LogP contribution in [0.15, 0.2) is 42.5 Å². The van der Waals surface area contributed by atoms with Crippen molar-refractivity contribution in [2.75, 3.05) is 51.3 Å². The van der Waals surface area contributed by atoms with Crippen molar-refractivity contribution >= 4 is 28.5 Å². The molecule has 1 heterocycles. The Morgan fingerprint density at radius 2 is 1.65 bits per heavy atom. The van der Waals surface area contributed by atoms with Gasteiger partial charge in [0.05, 0.1) is 13.2 Å². The van der Waals surface area contributed by atoms with Crippen LogP contribution in [0.3, 0.4) is 0 Å². The molecule has 1 saturated heterocycles. The predicted octanol–water partition coefficient (Wildman–Crippen LogP) is 2.58.